The largest absolute Gasteiger partial charge is 0.300 e. The second-order valence-corrected chi connectivity index (χ2v) is 5.84. The van der Waals surface area contributed by atoms with Gasteiger partial charge in [-0.2, -0.15) is 0 Å². The number of carbonyl (C=O) groups is 1. The molecule has 96 valence electrons. The maximum atomic E-state index is 12.0. The predicted molar refractivity (Wildman–Crippen MR) is 73.6 cm³/mol. The van der Waals surface area contributed by atoms with Gasteiger partial charge in [-0.25, -0.2) is 0 Å². The van der Waals surface area contributed by atoms with E-state index in [9.17, 15) is 4.79 Å². The van der Waals surface area contributed by atoms with Crippen LogP contribution in [-0.4, -0.2) is 22.4 Å². The van der Waals surface area contributed by atoms with Crippen LogP contribution in [0.3, 0.4) is 0 Å². The number of rotatable bonds is 7. The number of unbranched alkanes of at least 4 members (excludes halogenated alkanes) is 1. The van der Waals surface area contributed by atoms with Crippen molar-refractivity contribution < 1.29 is 4.79 Å². The molecule has 0 bridgehead atoms. The van der Waals surface area contributed by atoms with Crippen molar-refractivity contribution in [2.45, 2.75) is 43.9 Å². The molecule has 1 heterocycles. The van der Waals surface area contributed by atoms with Crippen LogP contribution in [0, 0.1) is 5.92 Å². The molecule has 1 rings (SSSR count). The number of nitrogens with one attached hydrogen (secondary N) is 1. The number of hydrogen-bond donors (Lipinski definition) is 1. The first-order valence-electron chi connectivity index (χ1n) is 5.89. The van der Waals surface area contributed by atoms with E-state index in [1.807, 2.05) is 13.2 Å². The van der Waals surface area contributed by atoms with E-state index in [0.717, 1.165) is 30.0 Å². The lowest BCUT2D eigenvalue weighted by Crippen LogP contribution is -2.22. The Kier molecular flexibility index (Phi) is 6.50. The molecule has 0 aliphatic rings. The van der Waals surface area contributed by atoms with Crippen molar-refractivity contribution in [2.75, 3.05) is 11.6 Å². The highest BCUT2D eigenvalue weighted by molar-refractivity contribution is 8.00. The maximum absolute atomic E-state index is 12.0. The van der Waals surface area contributed by atoms with Gasteiger partial charge in [-0.05, 0) is 19.1 Å². The standard InChI is InChI=1S/C11H19N3OS2/c1-4-6-7-8(5-2)9(15)12-10-13-14-11(16-3)17-10/h8H,4-7H2,1-3H3,(H,12,13,15). The van der Waals surface area contributed by atoms with E-state index < -0.39 is 0 Å². The third-order valence-corrected chi connectivity index (χ3v) is 4.40. The highest BCUT2D eigenvalue weighted by atomic mass is 32.2. The Bertz CT molecular complexity index is 354. The minimum absolute atomic E-state index is 0.0738. The fourth-order valence-electron chi connectivity index (χ4n) is 1.52. The molecule has 1 aromatic heterocycles. The van der Waals surface area contributed by atoms with Crippen LogP contribution in [0.5, 0.6) is 0 Å². The quantitative estimate of drug-likeness (QED) is 0.611. The molecule has 0 saturated carbocycles. The molecular weight excluding hydrogens is 254 g/mol. The van der Waals surface area contributed by atoms with Crippen LogP contribution in [0.4, 0.5) is 5.13 Å². The van der Waals surface area contributed by atoms with Crippen LogP contribution in [0.1, 0.15) is 39.5 Å². The van der Waals surface area contributed by atoms with Gasteiger partial charge in [0.2, 0.25) is 11.0 Å². The summed E-state index contributed by atoms with van der Waals surface area (Å²) >= 11 is 2.96. The summed E-state index contributed by atoms with van der Waals surface area (Å²) in [4.78, 5) is 12.0. The average Bonchev–Trinajstić information content (AvgIpc) is 2.77. The monoisotopic (exact) mass is 273 g/mol. The molecular formula is C11H19N3OS2. The molecule has 0 aromatic carbocycles. The maximum Gasteiger partial charge on any atom is 0.229 e. The number of nitrogens with zero attached hydrogens (tertiary/aromatic N) is 2. The van der Waals surface area contributed by atoms with Crippen molar-refractivity contribution in [3.63, 3.8) is 0 Å². The summed E-state index contributed by atoms with van der Waals surface area (Å²) < 4.78 is 0.877. The molecule has 0 saturated heterocycles. The lowest BCUT2D eigenvalue weighted by atomic mass is 9.99. The van der Waals surface area contributed by atoms with Gasteiger partial charge in [0.15, 0.2) is 4.34 Å². The highest BCUT2D eigenvalue weighted by Crippen LogP contribution is 2.24. The summed E-state index contributed by atoms with van der Waals surface area (Å²) in [5, 5.41) is 11.3. The molecule has 6 heteroatoms. The molecule has 1 aromatic rings. The molecule has 0 radical (unpaired) electrons. The number of aromatic nitrogens is 2. The first kappa shape index (κ1) is 14.4. The Morgan fingerprint density at radius 3 is 2.76 bits per heavy atom. The van der Waals surface area contributed by atoms with E-state index in [2.05, 4.69) is 22.4 Å². The lowest BCUT2D eigenvalue weighted by Gasteiger charge is -2.12. The summed E-state index contributed by atoms with van der Waals surface area (Å²) in [6.07, 6.45) is 5.99. The number of thioether (sulfide) groups is 1. The van der Waals surface area contributed by atoms with Gasteiger partial charge in [0.05, 0.1) is 0 Å². The molecule has 0 aliphatic carbocycles. The van der Waals surface area contributed by atoms with Crippen molar-refractivity contribution in [3.05, 3.63) is 0 Å². The van der Waals surface area contributed by atoms with Crippen molar-refractivity contribution in [2.24, 2.45) is 5.92 Å². The Morgan fingerprint density at radius 2 is 2.24 bits per heavy atom. The fraction of sp³-hybridized carbons (Fsp3) is 0.727. The van der Waals surface area contributed by atoms with Crippen molar-refractivity contribution in [3.8, 4) is 0 Å². The summed E-state index contributed by atoms with van der Waals surface area (Å²) in [5.74, 6) is 0.168. The number of amides is 1. The van der Waals surface area contributed by atoms with E-state index in [1.54, 1.807) is 0 Å². The molecule has 0 spiro atoms. The van der Waals surface area contributed by atoms with Gasteiger partial charge in [-0.3, -0.25) is 4.79 Å². The third-order valence-electron chi connectivity index (χ3n) is 2.58. The average molecular weight is 273 g/mol. The molecule has 0 aliphatic heterocycles. The van der Waals surface area contributed by atoms with Crippen molar-refractivity contribution in [1.82, 2.24) is 10.2 Å². The Balaban J connectivity index is 2.51. The molecule has 1 unspecified atom stereocenters. The number of carbonyl (C=O) groups excluding carboxylic acids is 1. The van der Waals surface area contributed by atoms with Crippen molar-refractivity contribution in [1.29, 1.82) is 0 Å². The third kappa shape index (κ3) is 4.63. The second-order valence-electron chi connectivity index (χ2n) is 3.81. The van der Waals surface area contributed by atoms with Crippen LogP contribution in [-0.2, 0) is 4.79 Å². The van der Waals surface area contributed by atoms with Crippen LogP contribution in [0.15, 0.2) is 4.34 Å². The van der Waals surface area contributed by atoms with Crippen LogP contribution in [0.25, 0.3) is 0 Å². The smallest absolute Gasteiger partial charge is 0.229 e. The SMILES string of the molecule is CCCCC(CC)C(=O)Nc1nnc(SC)s1. The second kappa shape index (κ2) is 7.66. The topological polar surface area (TPSA) is 54.9 Å². The number of hydrogen-bond acceptors (Lipinski definition) is 5. The Morgan fingerprint density at radius 1 is 1.47 bits per heavy atom. The van der Waals surface area contributed by atoms with Gasteiger partial charge in [0, 0.05) is 5.92 Å². The first-order valence-corrected chi connectivity index (χ1v) is 7.93. The first-order chi connectivity index (χ1) is 8.21. The van der Waals surface area contributed by atoms with Gasteiger partial charge >= 0.3 is 0 Å². The van der Waals surface area contributed by atoms with E-state index in [4.69, 9.17) is 0 Å². The normalized spacial score (nSPS) is 12.4. The summed E-state index contributed by atoms with van der Waals surface area (Å²) in [6, 6.07) is 0. The van der Waals surface area contributed by atoms with Gasteiger partial charge in [-0.1, -0.05) is 49.8 Å². The Hall–Kier alpha value is -0.620. The van der Waals surface area contributed by atoms with Gasteiger partial charge < -0.3 is 5.32 Å². The minimum Gasteiger partial charge on any atom is -0.300 e. The van der Waals surface area contributed by atoms with Crippen LogP contribution < -0.4 is 5.32 Å². The van der Waals surface area contributed by atoms with E-state index in [-0.39, 0.29) is 11.8 Å². The number of anilines is 1. The van der Waals surface area contributed by atoms with E-state index in [0.29, 0.717) is 5.13 Å². The van der Waals surface area contributed by atoms with Crippen LogP contribution >= 0.6 is 23.1 Å². The summed E-state index contributed by atoms with van der Waals surface area (Å²) in [7, 11) is 0. The zero-order chi connectivity index (χ0) is 12.7. The van der Waals surface area contributed by atoms with Gasteiger partial charge in [0.1, 0.15) is 0 Å². The lowest BCUT2D eigenvalue weighted by molar-refractivity contribution is -0.120. The van der Waals surface area contributed by atoms with Crippen molar-refractivity contribution >= 4 is 34.1 Å². The Labute approximate surface area is 111 Å². The zero-order valence-electron chi connectivity index (χ0n) is 10.5. The highest BCUT2D eigenvalue weighted by Gasteiger charge is 2.17. The fourth-order valence-corrected chi connectivity index (χ4v) is 2.69. The van der Waals surface area contributed by atoms with E-state index in [1.165, 1.54) is 23.1 Å². The minimum atomic E-state index is 0.0738. The molecule has 1 N–H and O–H groups in total. The van der Waals surface area contributed by atoms with Gasteiger partial charge in [0.25, 0.3) is 0 Å². The molecule has 0 fully saturated rings. The molecule has 17 heavy (non-hydrogen) atoms. The molecule has 1 amide bonds. The summed E-state index contributed by atoms with van der Waals surface area (Å²) in [6.45, 7) is 4.19. The summed E-state index contributed by atoms with van der Waals surface area (Å²) in [5.41, 5.74) is 0. The zero-order valence-corrected chi connectivity index (χ0v) is 12.2. The van der Waals surface area contributed by atoms with Gasteiger partial charge in [-0.15, -0.1) is 10.2 Å². The van der Waals surface area contributed by atoms with E-state index >= 15 is 0 Å². The molecule has 1 atom stereocenters. The molecule has 4 nitrogen and oxygen atoms in total. The predicted octanol–water partition coefficient (Wildman–Crippen LogP) is 3.41. The van der Waals surface area contributed by atoms with Crippen LogP contribution in [0.2, 0.25) is 0 Å².